The van der Waals surface area contributed by atoms with E-state index in [0.717, 1.165) is 42.3 Å². The third-order valence-corrected chi connectivity index (χ3v) is 4.48. The van der Waals surface area contributed by atoms with Crippen LogP contribution >= 0.6 is 11.6 Å². The van der Waals surface area contributed by atoms with E-state index in [1.807, 2.05) is 24.3 Å². The third kappa shape index (κ3) is 3.62. The Morgan fingerprint density at radius 2 is 1.64 bits per heavy atom. The second-order valence-corrected chi connectivity index (χ2v) is 6.72. The lowest BCUT2D eigenvalue weighted by atomic mass is 10.1. The van der Waals surface area contributed by atoms with Crippen molar-refractivity contribution < 1.29 is 18.9 Å². The second kappa shape index (κ2) is 7.02. The van der Waals surface area contributed by atoms with Gasteiger partial charge in [-0.15, -0.1) is 0 Å². The van der Waals surface area contributed by atoms with Crippen LogP contribution < -0.4 is 18.9 Å². The molecule has 25 heavy (non-hydrogen) atoms. The SMILES string of the molecule is CN(Cc1ccc2c(c1)OCO2)Cc1cc(Cl)c2c(c1)OCCCO2. The summed E-state index contributed by atoms with van der Waals surface area (Å²) in [4.78, 5) is 2.22. The van der Waals surface area contributed by atoms with Gasteiger partial charge in [0.15, 0.2) is 23.0 Å². The molecule has 2 aromatic carbocycles. The van der Waals surface area contributed by atoms with E-state index in [9.17, 15) is 0 Å². The van der Waals surface area contributed by atoms with Gasteiger partial charge in [-0.25, -0.2) is 0 Å². The molecule has 0 N–H and O–H groups in total. The fraction of sp³-hybridized carbons (Fsp3) is 0.368. The maximum atomic E-state index is 6.37. The smallest absolute Gasteiger partial charge is 0.231 e. The molecule has 0 amide bonds. The summed E-state index contributed by atoms with van der Waals surface area (Å²) in [7, 11) is 2.07. The van der Waals surface area contributed by atoms with Gasteiger partial charge in [0.2, 0.25) is 6.79 Å². The first-order valence-corrected chi connectivity index (χ1v) is 8.72. The van der Waals surface area contributed by atoms with E-state index in [1.165, 1.54) is 5.56 Å². The molecule has 2 aliphatic rings. The van der Waals surface area contributed by atoms with Gasteiger partial charge in [-0.3, -0.25) is 4.90 Å². The van der Waals surface area contributed by atoms with Crippen LogP contribution in [0.1, 0.15) is 17.5 Å². The molecule has 4 rings (SSSR count). The van der Waals surface area contributed by atoms with E-state index in [-0.39, 0.29) is 0 Å². The fourth-order valence-corrected chi connectivity index (χ4v) is 3.38. The van der Waals surface area contributed by atoms with Gasteiger partial charge in [0.1, 0.15) is 0 Å². The van der Waals surface area contributed by atoms with Crippen LogP contribution in [0.25, 0.3) is 0 Å². The number of fused-ring (bicyclic) bond motifs is 2. The highest BCUT2D eigenvalue weighted by Gasteiger charge is 2.17. The second-order valence-electron chi connectivity index (χ2n) is 6.32. The normalized spacial score (nSPS) is 15.3. The van der Waals surface area contributed by atoms with Crippen LogP contribution in [-0.2, 0) is 13.1 Å². The van der Waals surface area contributed by atoms with Gasteiger partial charge >= 0.3 is 0 Å². The van der Waals surface area contributed by atoms with Crippen LogP contribution in [0.15, 0.2) is 30.3 Å². The minimum Gasteiger partial charge on any atom is -0.489 e. The molecule has 0 unspecified atom stereocenters. The maximum absolute atomic E-state index is 6.37. The number of ether oxygens (including phenoxy) is 4. The molecule has 0 atom stereocenters. The van der Waals surface area contributed by atoms with Crippen molar-refractivity contribution in [2.24, 2.45) is 0 Å². The first-order chi connectivity index (χ1) is 12.2. The van der Waals surface area contributed by atoms with Crippen LogP contribution in [0, 0.1) is 0 Å². The summed E-state index contributed by atoms with van der Waals surface area (Å²) >= 11 is 6.37. The Morgan fingerprint density at radius 3 is 2.56 bits per heavy atom. The number of hydrogen-bond donors (Lipinski definition) is 0. The van der Waals surface area contributed by atoms with E-state index in [4.69, 9.17) is 30.5 Å². The summed E-state index contributed by atoms with van der Waals surface area (Å²) in [6.07, 6.45) is 0.865. The summed E-state index contributed by atoms with van der Waals surface area (Å²) in [5, 5.41) is 0.603. The van der Waals surface area contributed by atoms with E-state index >= 15 is 0 Å². The Balaban J connectivity index is 1.46. The lowest BCUT2D eigenvalue weighted by molar-refractivity contribution is 0.174. The topological polar surface area (TPSA) is 40.2 Å². The molecule has 2 heterocycles. The first-order valence-electron chi connectivity index (χ1n) is 8.34. The molecular weight excluding hydrogens is 342 g/mol. The fourth-order valence-electron chi connectivity index (χ4n) is 3.09. The van der Waals surface area contributed by atoms with Gasteiger partial charge in [0.05, 0.1) is 18.2 Å². The molecule has 2 aromatic rings. The predicted octanol–water partition coefficient (Wildman–Crippen LogP) is 3.86. The van der Waals surface area contributed by atoms with Crippen molar-refractivity contribution in [1.29, 1.82) is 0 Å². The molecule has 2 aliphatic heterocycles. The lowest BCUT2D eigenvalue weighted by Crippen LogP contribution is -2.17. The Morgan fingerprint density at radius 1 is 0.880 bits per heavy atom. The average molecular weight is 362 g/mol. The molecule has 0 fully saturated rings. The zero-order valence-electron chi connectivity index (χ0n) is 14.1. The van der Waals surface area contributed by atoms with Crippen LogP contribution in [-0.4, -0.2) is 32.0 Å². The highest BCUT2D eigenvalue weighted by Crippen LogP contribution is 2.38. The van der Waals surface area contributed by atoms with Gasteiger partial charge in [0.25, 0.3) is 0 Å². The number of hydrogen-bond acceptors (Lipinski definition) is 5. The van der Waals surface area contributed by atoms with Crippen molar-refractivity contribution in [3.05, 3.63) is 46.5 Å². The van der Waals surface area contributed by atoms with Crippen LogP contribution in [0.5, 0.6) is 23.0 Å². The van der Waals surface area contributed by atoms with Crippen molar-refractivity contribution >= 4 is 11.6 Å². The Labute approximate surface area is 152 Å². The molecule has 0 bridgehead atoms. The van der Waals surface area contributed by atoms with Crippen LogP contribution in [0.3, 0.4) is 0 Å². The molecule has 132 valence electrons. The molecule has 0 radical (unpaired) electrons. The van der Waals surface area contributed by atoms with Crippen molar-refractivity contribution in [3.63, 3.8) is 0 Å². The van der Waals surface area contributed by atoms with E-state index in [1.54, 1.807) is 0 Å². The number of halogens is 1. The Hall–Kier alpha value is -2.11. The summed E-state index contributed by atoms with van der Waals surface area (Å²) in [6.45, 7) is 3.13. The largest absolute Gasteiger partial charge is 0.489 e. The van der Waals surface area contributed by atoms with Crippen molar-refractivity contribution in [2.45, 2.75) is 19.5 Å². The van der Waals surface area contributed by atoms with Gasteiger partial charge in [-0.1, -0.05) is 17.7 Å². The number of rotatable bonds is 4. The summed E-state index contributed by atoms with van der Waals surface area (Å²) in [5.41, 5.74) is 2.27. The van der Waals surface area contributed by atoms with Crippen molar-refractivity contribution in [3.8, 4) is 23.0 Å². The summed E-state index contributed by atoms with van der Waals surface area (Å²) < 4.78 is 22.2. The highest BCUT2D eigenvalue weighted by atomic mass is 35.5. The predicted molar refractivity (Wildman–Crippen MR) is 94.8 cm³/mol. The molecule has 0 aromatic heterocycles. The lowest BCUT2D eigenvalue weighted by Gasteiger charge is -2.18. The van der Waals surface area contributed by atoms with Gasteiger partial charge in [0, 0.05) is 19.5 Å². The van der Waals surface area contributed by atoms with E-state index in [0.29, 0.717) is 30.8 Å². The van der Waals surface area contributed by atoms with Crippen molar-refractivity contribution in [1.82, 2.24) is 4.90 Å². The molecule has 6 heteroatoms. The zero-order valence-corrected chi connectivity index (χ0v) is 14.8. The van der Waals surface area contributed by atoms with Gasteiger partial charge < -0.3 is 18.9 Å². The van der Waals surface area contributed by atoms with Crippen LogP contribution in [0.2, 0.25) is 5.02 Å². The monoisotopic (exact) mass is 361 g/mol. The van der Waals surface area contributed by atoms with Gasteiger partial charge in [-0.05, 0) is 42.4 Å². The first kappa shape index (κ1) is 16.4. The molecule has 0 saturated heterocycles. The average Bonchev–Trinajstić information content (AvgIpc) is 2.91. The quantitative estimate of drug-likeness (QED) is 0.827. The number of benzene rings is 2. The maximum Gasteiger partial charge on any atom is 0.231 e. The molecule has 0 spiro atoms. The van der Waals surface area contributed by atoms with E-state index in [2.05, 4.69) is 18.0 Å². The van der Waals surface area contributed by atoms with Crippen LogP contribution in [0.4, 0.5) is 0 Å². The highest BCUT2D eigenvalue weighted by molar-refractivity contribution is 6.32. The standard InChI is InChI=1S/C19H20ClNO4/c1-21(10-13-3-4-16-17(8-13)25-12-24-16)11-14-7-15(20)19-18(9-14)22-5-2-6-23-19/h3-4,7-9H,2,5-6,10-12H2,1H3. The summed E-state index contributed by atoms with van der Waals surface area (Å²) in [6, 6.07) is 10.0. The zero-order chi connectivity index (χ0) is 17.2. The molecule has 5 nitrogen and oxygen atoms in total. The van der Waals surface area contributed by atoms with E-state index < -0.39 is 0 Å². The third-order valence-electron chi connectivity index (χ3n) is 4.20. The Kier molecular flexibility index (Phi) is 4.59. The Bertz CT molecular complexity index is 780. The summed E-state index contributed by atoms with van der Waals surface area (Å²) in [5.74, 6) is 3.00. The van der Waals surface area contributed by atoms with Gasteiger partial charge in [-0.2, -0.15) is 0 Å². The molecule has 0 aliphatic carbocycles. The van der Waals surface area contributed by atoms with Crippen molar-refractivity contribution in [2.75, 3.05) is 27.1 Å². The molecule has 0 saturated carbocycles. The minimum atomic E-state index is 0.296. The number of nitrogens with zero attached hydrogens (tertiary/aromatic N) is 1. The molecular formula is C19H20ClNO4. The minimum absolute atomic E-state index is 0.296.